The second kappa shape index (κ2) is 6.70. The third kappa shape index (κ3) is 3.48. The minimum absolute atomic E-state index is 0.0953. The predicted octanol–water partition coefficient (Wildman–Crippen LogP) is 3.07. The number of hydrogen-bond acceptors (Lipinski definition) is 4. The molecule has 0 radical (unpaired) electrons. The fraction of sp³-hybridized carbons (Fsp3) is 0.267. The number of hydrogen-bond donors (Lipinski definition) is 2. The summed E-state index contributed by atoms with van der Waals surface area (Å²) in [5.74, 6) is 6.51. The van der Waals surface area contributed by atoms with Gasteiger partial charge in [-0.1, -0.05) is 35.9 Å². The van der Waals surface area contributed by atoms with Crippen LogP contribution in [0.3, 0.4) is 0 Å². The molecule has 0 bridgehead atoms. The van der Waals surface area contributed by atoms with Crippen LogP contribution in [-0.2, 0) is 0 Å². The number of nitrogens with zero attached hydrogens (tertiary/aromatic N) is 1. The van der Waals surface area contributed by atoms with Gasteiger partial charge in [0.25, 0.3) is 0 Å². The molecule has 0 spiro atoms. The molecule has 1 atom stereocenters. The average molecular weight is 292 g/mol. The van der Waals surface area contributed by atoms with Crippen molar-refractivity contribution >= 4 is 11.6 Å². The van der Waals surface area contributed by atoms with Crippen molar-refractivity contribution in [3.63, 3.8) is 0 Å². The lowest BCUT2D eigenvalue weighted by Crippen LogP contribution is -2.29. The first kappa shape index (κ1) is 14.8. The van der Waals surface area contributed by atoms with Gasteiger partial charge in [0.1, 0.15) is 10.9 Å². The van der Waals surface area contributed by atoms with Gasteiger partial charge in [0.05, 0.1) is 12.1 Å². The Labute approximate surface area is 123 Å². The molecular formula is C15H18ClN3O. The fourth-order valence-electron chi connectivity index (χ4n) is 2.00. The van der Waals surface area contributed by atoms with Gasteiger partial charge in [-0.25, -0.2) is 10.4 Å². The van der Waals surface area contributed by atoms with Crippen molar-refractivity contribution < 1.29 is 4.74 Å². The Bertz CT molecular complexity index is 557. The summed E-state index contributed by atoms with van der Waals surface area (Å²) in [6, 6.07) is 11.2. The van der Waals surface area contributed by atoms with Crippen molar-refractivity contribution in [3.05, 3.63) is 58.9 Å². The van der Waals surface area contributed by atoms with Crippen LogP contribution in [0.25, 0.3) is 0 Å². The monoisotopic (exact) mass is 291 g/mol. The summed E-state index contributed by atoms with van der Waals surface area (Å²) in [5.41, 5.74) is 4.70. The summed E-state index contributed by atoms with van der Waals surface area (Å²) >= 11 is 5.82. The van der Waals surface area contributed by atoms with Gasteiger partial charge in [0.15, 0.2) is 0 Å². The van der Waals surface area contributed by atoms with Crippen LogP contribution in [0.5, 0.6) is 5.75 Å². The highest BCUT2D eigenvalue weighted by atomic mass is 35.5. The Morgan fingerprint density at radius 2 is 1.95 bits per heavy atom. The first-order valence-electron chi connectivity index (χ1n) is 6.45. The van der Waals surface area contributed by atoms with Crippen LogP contribution >= 0.6 is 11.6 Å². The summed E-state index contributed by atoms with van der Waals surface area (Å²) < 4.78 is 5.83. The third-order valence-electron chi connectivity index (χ3n) is 2.84. The normalized spacial score (nSPS) is 12.4. The number of benzene rings is 1. The smallest absolute Gasteiger partial charge is 0.129 e. The molecule has 20 heavy (non-hydrogen) atoms. The molecule has 1 unspecified atom stereocenters. The second-order valence-electron chi connectivity index (χ2n) is 4.72. The number of para-hydroxylation sites is 1. The summed E-state index contributed by atoms with van der Waals surface area (Å²) in [6.07, 6.45) is 1.80. The zero-order valence-corrected chi connectivity index (χ0v) is 12.3. The van der Waals surface area contributed by atoms with E-state index in [0.717, 1.165) is 16.9 Å². The van der Waals surface area contributed by atoms with Gasteiger partial charge in [-0.15, -0.1) is 0 Å². The Balaban J connectivity index is 2.38. The van der Waals surface area contributed by atoms with Crippen LogP contribution in [0, 0.1) is 0 Å². The molecule has 1 aromatic carbocycles. The van der Waals surface area contributed by atoms with E-state index in [-0.39, 0.29) is 12.1 Å². The first-order chi connectivity index (χ1) is 9.61. The lowest BCUT2D eigenvalue weighted by atomic mass is 10.00. The zero-order valence-electron chi connectivity index (χ0n) is 11.5. The number of ether oxygens (including phenoxy) is 1. The largest absolute Gasteiger partial charge is 0.491 e. The standard InChI is InChI=1S/C15H18ClN3O/c1-10(2)20-13-6-4-3-5-12(13)15(19-17)11-7-8-14(16)18-9-11/h3-10,15,19H,17H2,1-2H3. The molecule has 0 aliphatic rings. The van der Waals surface area contributed by atoms with Crippen molar-refractivity contribution in [1.29, 1.82) is 0 Å². The molecule has 0 aliphatic heterocycles. The van der Waals surface area contributed by atoms with Gasteiger partial charge in [-0.3, -0.25) is 5.84 Å². The Hall–Kier alpha value is -1.62. The fourth-order valence-corrected chi connectivity index (χ4v) is 2.12. The molecule has 3 N–H and O–H groups in total. The van der Waals surface area contributed by atoms with Crippen molar-refractivity contribution in [2.24, 2.45) is 5.84 Å². The Morgan fingerprint density at radius 3 is 2.55 bits per heavy atom. The van der Waals surface area contributed by atoms with Crippen LogP contribution in [0.4, 0.5) is 0 Å². The maximum atomic E-state index is 5.83. The molecule has 1 heterocycles. The highest BCUT2D eigenvalue weighted by Gasteiger charge is 2.17. The predicted molar refractivity (Wildman–Crippen MR) is 80.6 cm³/mol. The van der Waals surface area contributed by atoms with E-state index >= 15 is 0 Å². The summed E-state index contributed by atoms with van der Waals surface area (Å²) in [6.45, 7) is 3.98. The SMILES string of the molecule is CC(C)Oc1ccccc1C(NN)c1ccc(Cl)nc1. The van der Waals surface area contributed by atoms with E-state index in [1.54, 1.807) is 12.3 Å². The number of halogens is 1. The molecule has 0 amide bonds. The zero-order chi connectivity index (χ0) is 14.5. The number of nitrogens with two attached hydrogens (primary N) is 1. The number of hydrazine groups is 1. The van der Waals surface area contributed by atoms with Gasteiger partial charge >= 0.3 is 0 Å². The van der Waals surface area contributed by atoms with Crippen LogP contribution in [0.2, 0.25) is 5.15 Å². The van der Waals surface area contributed by atoms with E-state index in [4.69, 9.17) is 22.2 Å². The minimum Gasteiger partial charge on any atom is -0.491 e. The van der Waals surface area contributed by atoms with Crippen molar-refractivity contribution in [2.45, 2.75) is 26.0 Å². The minimum atomic E-state index is -0.199. The van der Waals surface area contributed by atoms with Crippen LogP contribution in [0.1, 0.15) is 31.0 Å². The Kier molecular flexibility index (Phi) is 4.95. The summed E-state index contributed by atoms with van der Waals surface area (Å²) in [5, 5.41) is 0.455. The Morgan fingerprint density at radius 1 is 1.20 bits per heavy atom. The molecule has 2 aromatic rings. The van der Waals surface area contributed by atoms with Gasteiger partial charge in [-0.05, 0) is 31.5 Å². The molecule has 0 saturated carbocycles. The molecule has 0 saturated heterocycles. The molecule has 106 valence electrons. The van der Waals surface area contributed by atoms with E-state index in [9.17, 15) is 0 Å². The van der Waals surface area contributed by atoms with Crippen molar-refractivity contribution in [3.8, 4) is 5.75 Å². The molecule has 1 aromatic heterocycles. The van der Waals surface area contributed by atoms with Gasteiger partial charge in [-0.2, -0.15) is 0 Å². The third-order valence-corrected chi connectivity index (χ3v) is 3.07. The first-order valence-corrected chi connectivity index (χ1v) is 6.82. The molecule has 2 rings (SSSR count). The van der Waals surface area contributed by atoms with E-state index < -0.39 is 0 Å². The number of rotatable bonds is 5. The van der Waals surface area contributed by atoms with E-state index in [0.29, 0.717) is 5.15 Å². The van der Waals surface area contributed by atoms with Gasteiger partial charge < -0.3 is 4.74 Å². The quantitative estimate of drug-likeness (QED) is 0.505. The summed E-state index contributed by atoms with van der Waals surface area (Å²) in [7, 11) is 0. The number of aromatic nitrogens is 1. The van der Waals surface area contributed by atoms with E-state index in [1.165, 1.54) is 0 Å². The van der Waals surface area contributed by atoms with Crippen molar-refractivity contribution in [1.82, 2.24) is 10.4 Å². The number of pyridine rings is 1. The van der Waals surface area contributed by atoms with E-state index in [1.807, 2.05) is 44.2 Å². The average Bonchev–Trinajstić information content (AvgIpc) is 2.43. The summed E-state index contributed by atoms with van der Waals surface area (Å²) in [4.78, 5) is 4.09. The highest BCUT2D eigenvalue weighted by molar-refractivity contribution is 6.29. The highest BCUT2D eigenvalue weighted by Crippen LogP contribution is 2.30. The molecule has 4 nitrogen and oxygen atoms in total. The van der Waals surface area contributed by atoms with Gasteiger partial charge in [0, 0.05) is 11.8 Å². The van der Waals surface area contributed by atoms with Crippen LogP contribution < -0.4 is 16.0 Å². The van der Waals surface area contributed by atoms with Crippen molar-refractivity contribution in [2.75, 3.05) is 0 Å². The van der Waals surface area contributed by atoms with Crippen LogP contribution in [-0.4, -0.2) is 11.1 Å². The maximum Gasteiger partial charge on any atom is 0.129 e. The van der Waals surface area contributed by atoms with Gasteiger partial charge in [0.2, 0.25) is 0 Å². The number of nitrogens with one attached hydrogen (secondary N) is 1. The lowest BCUT2D eigenvalue weighted by molar-refractivity contribution is 0.238. The molecular weight excluding hydrogens is 274 g/mol. The molecule has 0 fully saturated rings. The topological polar surface area (TPSA) is 60.2 Å². The second-order valence-corrected chi connectivity index (χ2v) is 5.11. The maximum absolute atomic E-state index is 5.83. The molecule has 5 heteroatoms. The molecule has 0 aliphatic carbocycles. The van der Waals surface area contributed by atoms with Crippen LogP contribution in [0.15, 0.2) is 42.6 Å². The lowest BCUT2D eigenvalue weighted by Gasteiger charge is -2.21. The van der Waals surface area contributed by atoms with E-state index in [2.05, 4.69) is 10.4 Å².